The maximum Gasteiger partial charge on any atom is 0.490 e. The van der Waals surface area contributed by atoms with Crippen molar-refractivity contribution in [3.05, 3.63) is 39.3 Å². The van der Waals surface area contributed by atoms with Gasteiger partial charge >= 0.3 is 29.6 Å². The second-order valence-corrected chi connectivity index (χ2v) is 12.0. The van der Waals surface area contributed by atoms with Gasteiger partial charge in [-0.15, -0.1) is 0 Å². The van der Waals surface area contributed by atoms with Crippen molar-refractivity contribution in [3.8, 4) is 0 Å². The van der Waals surface area contributed by atoms with Crippen LogP contribution in [0.2, 0.25) is 0 Å². The van der Waals surface area contributed by atoms with Crippen LogP contribution >= 0.6 is 23.5 Å². The lowest BCUT2D eigenvalue weighted by Gasteiger charge is -2.19. The maximum atomic E-state index is 13.0. The summed E-state index contributed by atoms with van der Waals surface area (Å²) in [7, 11) is -17.0. The molecule has 1 fully saturated rings. The summed E-state index contributed by atoms with van der Waals surface area (Å²) < 4.78 is 89.6. The van der Waals surface area contributed by atoms with Crippen molar-refractivity contribution in [2.45, 2.75) is 37.5 Å². The number of ether oxygens (including phenoxy) is 1. The normalized spacial score (nSPS) is 26.2. The van der Waals surface area contributed by atoms with E-state index < -0.39 is 77.6 Å². The first-order valence-corrected chi connectivity index (χ1v) is 14.1. The number of halogens is 3. The number of aromatic amines is 1. The zero-order chi connectivity index (χ0) is 28.1. The van der Waals surface area contributed by atoms with Gasteiger partial charge in [0, 0.05) is 10.9 Å². The fraction of sp³-hybridized carbons (Fsp3) is 0.467. The predicted molar refractivity (Wildman–Crippen MR) is 112 cm³/mol. The van der Waals surface area contributed by atoms with E-state index in [4.69, 9.17) is 19.4 Å². The molecule has 2 aromatic heterocycles. The van der Waals surface area contributed by atoms with Gasteiger partial charge in [0.05, 0.1) is 6.61 Å². The summed E-state index contributed by atoms with van der Waals surface area (Å²) in [5.41, 5.74) is -3.03. The third kappa shape index (κ3) is 7.30. The summed E-state index contributed by atoms with van der Waals surface area (Å²) >= 11 is 0. The van der Waals surface area contributed by atoms with Crippen LogP contribution in [0.15, 0.2) is 16.9 Å². The quantitative estimate of drug-likeness (QED) is 0.206. The van der Waals surface area contributed by atoms with Crippen molar-refractivity contribution in [2.75, 3.05) is 6.61 Å². The van der Waals surface area contributed by atoms with Gasteiger partial charge in [-0.05, 0) is 24.6 Å². The van der Waals surface area contributed by atoms with Crippen LogP contribution in [-0.4, -0.2) is 64.7 Å². The van der Waals surface area contributed by atoms with Gasteiger partial charge in [0.15, 0.2) is 0 Å². The monoisotopic (exact) mass is 600 g/mol. The summed E-state index contributed by atoms with van der Waals surface area (Å²) in [6.07, 6.45) is -11.8. The number of aliphatic hydroxyl groups is 2. The van der Waals surface area contributed by atoms with E-state index in [1.807, 2.05) is 0 Å². The molecule has 3 heterocycles. The largest absolute Gasteiger partial charge is 0.490 e. The number of nitrogens with one attached hydrogen (secondary N) is 1. The number of alkyl halides is 3. The number of hydrogen-bond donors (Lipinski definition) is 7. The molecule has 6 atom stereocenters. The second-order valence-electron chi connectivity index (χ2n) is 7.60. The Morgan fingerprint density at radius 1 is 1.05 bits per heavy atom. The number of phosphoric ester groups is 1. The molecule has 0 aromatic carbocycles. The lowest BCUT2D eigenvalue weighted by molar-refractivity contribution is -0.141. The summed E-state index contributed by atoms with van der Waals surface area (Å²) in [4.78, 5) is 53.7. The Balaban J connectivity index is 1.80. The maximum absolute atomic E-state index is 13.0. The number of H-pyrrole nitrogens is 1. The fourth-order valence-electron chi connectivity index (χ4n) is 3.33. The third-order valence-corrected chi connectivity index (χ3v) is 8.64. The van der Waals surface area contributed by atoms with Crippen LogP contribution < -0.4 is 5.56 Å². The first-order chi connectivity index (χ1) is 16.7. The minimum atomic E-state index is -5.81. The van der Waals surface area contributed by atoms with Crippen LogP contribution in [0.5, 0.6) is 0 Å². The average molecular weight is 600 g/mol. The molecule has 7 N–H and O–H groups in total. The molecule has 22 heteroatoms. The van der Waals surface area contributed by atoms with E-state index in [1.165, 1.54) is 6.92 Å². The number of aromatic nitrogens is 2. The summed E-state index contributed by atoms with van der Waals surface area (Å²) in [6, 6.07) is 1.79. The first-order valence-electron chi connectivity index (χ1n) is 9.61. The van der Waals surface area contributed by atoms with Crippen molar-refractivity contribution in [2.24, 2.45) is 0 Å². The topological polar surface area (TPSA) is 255 Å². The Morgan fingerprint density at radius 2 is 1.68 bits per heavy atom. The number of fused-ring (bicyclic) bond motifs is 1. The second kappa shape index (κ2) is 10.2. The SMILES string of the molecule is Cc1cc(C(F)(F)F)nc2[nH]c(=O)c([C@@H]3O[C@H](COP(=O)(O)OP(=O)(O)OP(=O)(O)O)[C@H](O)C3O)cc12. The van der Waals surface area contributed by atoms with Crippen LogP contribution in [0.25, 0.3) is 11.0 Å². The number of pyridine rings is 2. The molecule has 3 unspecified atom stereocenters. The third-order valence-electron chi connectivity index (χ3n) is 4.84. The van der Waals surface area contributed by atoms with Crippen LogP contribution in [0.3, 0.4) is 0 Å². The molecule has 0 spiro atoms. The van der Waals surface area contributed by atoms with Gasteiger partial charge in [-0.25, -0.2) is 18.7 Å². The van der Waals surface area contributed by atoms with Gasteiger partial charge in [0.2, 0.25) is 0 Å². The molecule has 0 saturated carbocycles. The molecule has 0 radical (unpaired) electrons. The molecule has 0 bridgehead atoms. The molecule has 3 rings (SSSR count). The van der Waals surface area contributed by atoms with E-state index in [1.54, 1.807) is 0 Å². The predicted octanol–water partition coefficient (Wildman–Crippen LogP) is 0.755. The molecule has 0 amide bonds. The molecule has 208 valence electrons. The van der Waals surface area contributed by atoms with Crippen molar-refractivity contribution >= 4 is 34.5 Å². The summed E-state index contributed by atoms with van der Waals surface area (Å²) in [5, 5.41) is 20.6. The van der Waals surface area contributed by atoms with E-state index in [0.717, 1.165) is 12.1 Å². The highest BCUT2D eigenvalue weighted by Crippen LogP contribution is 2.66. The van der Waals surface area contributed by atoms with E-state index in [-0.39, 0.29) is 16.5 Å². The molecule has 1 aliphatic rings. The van der Waals surface area contributed by atoms with Crippen molar-refractivity contribution in [3.63, 3.8) is 0 Å². The van der Waals surface area contributed by atoms with Crippen LogP contribution in [0.4, 0.5) is 13.2 Å². The number of rotatable bonds is 8. The van der Waals surface area contributed by atoms with Crippen molar-refractivity contribution in [1.29, 1.82) is 0 Å². The van der Waals surface area contributed by atoms with Gasteiger partial charge in [-0.1, -0.05) is 0 Å². The smallest absolute Gasteiger partial charge is 0.387 e. The summed E-state index contributed by atoms with van der Waals surface area (Å²) in [6.45, 7) is 0.174. The lowest BCUT2D eigenvalue weighted by Crippen LogP contribution is -2.33. The number of phosphoric acid groups is 3. The summed E-state index contributed by atoms with van der Waals surface area (Å²) in [5.74, 6) is 0. The minimum Gasteiger partial charge on any atom is -0.387 e. The Bertz CT molecular complexity index is 1390. The standard InChI is InChI=1S/C15H18F3N2O14P3/c1-5-2-9(15(16,17)18)19-13-6(5)3-7(14(23)20-13)12-11(22)10(21)8(32-12)4-31-36(27,28)34-37(29,30)33-35(24,25)26/h2-3,8,10-12,21-22H,4H2,1H3,(H,27,28)(H,29,30)(H,19,20,23)(H2,24,25,26)/t8-,10+,11?,12+/m1/s1. The van der Waals surface area contributed by atoms with Gasteiger partial charge in [0.25, 0.3) is 5.56 Å². The van der Waals surface area contributed by atoms with Crippen LogP contribution in [-0.2, 0) is 37.8 Å². The highest BCUT2D eigenvalue weighted by molar-refractivity contribution is 7.66. The molecule has 37 heavy (non-hydrogen) atoms. The van der Waals surface area contributed by atoms with E-state index >= 15 is 0 Å². The van der Waals surface area contributed by atoms with Crippen LogP contribution in [0.1, 0.15) is 22.9 Å². The molecule has 1 aliphatic heterocycles. The number of nitrogens with zero attached hydrogens (tertiary/aromatic N) is 1. The number of hydrogen-bond acceptors (Lipinski definition) is 11. The number of aryl methyl sites for hydroxylation is 1. The zero-order valence-corrected chi connectivity index (χ0v) is 20.7. The zero-order valence-electron chi connectivity index (χ0n) is 18.0. The first kappa shape index (κ1) is 30.0. The molecule has 1 saturated heterocycles. The van der Waals surface area contributed by atoms with Crippen molar-refractivity contribution < 1.29 is 74.5 Å². The highest BCUT2D eigenvalue weighted by Gasteiger charge is 2.47. The molecule has 0 aliphatic carbocycles. The van der Waals surface area contributed by atoms with E-state index in [2.05, 4.69) is 23.1 Å². The molecule has 2 aromatic rings. The average Bonchev–Trinajstić information content (AvgIpc) is 2.96. The fourth-order valence-corrected chi connectivity index (χ4v) is 6.36. The van der Waals surface area contributed by atoms with Gasteiger partial charge in [-0.3, -0.25) is 9.32 Å². The lowest BCUT2D eigenvalue weighted by atomic mass is 10.0. The van der Waals surface area contributed by atoms with Gasteiger partial charge in [0.1, 0.15) is 35.8 Å². The Morgan fingerprint density at radius 3 is 2.24 bits per heavy atom. The van der Waals surface area contributed by atoms with Gasteiger partial charge < -0.3 is 39.5 Å². The number of aliphatic hydroxyl groups excluding tert-OH is 2. The molecular weight excluding hydrogens is 582 g/mol. The van der Waals surface area contributed by atoms with E-state index in [0.29, 0.717) is 0 Å². The highest BCUT2D eigenvalue weighted by atomic mass is 31.3. The Hall–Kier alpha value is -1.56. The Kier molecular flexibility index (Phi) is 8.27. The van der Waals surface area contributed by atoms with Crippen LogP contribution in [0, 0.1) is 6.92 Å². The molecule has 16 nitrogen and oxygen atoms in total. The van der Waals surface area contributed by atoms with Gasteiger partial charge in [-0.2, -0.15) is 21.8 Å². The minimum absolute atomic E-state index is 0.0459. The Labute approximate surface area is 203 Å². The van der Waals surface area contributed by atoms with Crippen molar-refractivity contribution in [1.82, 2.24) is 9.97 Å². The van der Waals surface area contributed by atoms with E-state index in [9.17, 15) is 46.8 Å². The molecular formula is C15H18F3N2O14P3.